The predicted molar refractivity (Wildman–Crippen MR) is 151 cm³/mol. The number of amides is 1. The van der Waals surface area contributed by atoms with Crippen molar-refractivity contribution in [3.63, 3.8) is 0 Å². The first-order valence-corrected chi connectivity index (χ1v) is 13.9. The number of alkyl halides is 3. The van der Waals surface area contributed by atoms with E-state index >= 15 is 0 Å². The SMILES string of the molecule is COc1ccc(S(=O)(=O)N(CC(=O)Nc2ccc(OCc3ccccc3)cc2)c2cccc(C(F)(F)F)c2)cc1OC. The molecule has 0 aliphatic heterocycles. The maximum atomic E-state index is 13.7. The first-order chi connectivity index (χ1) is 20.0. The van der Waals surface area contributed by atoms with Gasteiger partial charge in [0.2, 0.25) is 5.91 Å². The quantitative estimate of drug-likeness (QED) is 0.223. The molecule has 0 aromatic heterocycles. The van der Waals surface area contributed by atoms with Crippen molar-refractivity contribution in [2.75, 3.05) is 30.4 Å². The van der Waals surface area contributed by atoms with Crippen LogP contribution < -0.4 is 23.8 Å². The summed E-state index contributed by atoms with van der Waals surface area (Å²) in [6, 6.07) is 23.4. The zero-order valence-corrected chi connectivity index (χ0v) is 23.4. The van der Waals surface area contributed by atoms with Gasteiger partial charge in [0, 0.05) is 11.8 Å². The van der Waals surface area contributed by atoms with Crippen LogP contribution in [0.4, 0.5) is 24.5 Å². The third-order valence-corrected chi connectivity index (χ3v) is 7.85. The Kier molecular flexibility index (Phi) is 9.26. The molecule has 0 aliphatic carbocycles. The zero-order chi connectivity index (χ0) is 30.3. The van der Waals surface area contributed by atoms with E-state index in [9.17, 15) is 26.4 Å². The van der Waals surface area contributed by atoms with Gasteiger partial charge in [0.15, 0.2) is 11.5 Å². The second-order valence-corrected chi connectivity index (χ2v) is 10.8. The van der Waals surface area contributed by atoms with Crippen LogP contribution in [0.1, 0.15) is 11.1 Å². The molecule has 0 saturated carbocycles. The van der Waals surface area contributed by atoms with E-state index in [1.165, 1.54) is 38.5 Å². The van der Waals surface area contributed by atoms with Crippen molar-refractivity contribution in [3.05, 3.63) is 108 Å². The van der Waals surface area contributed by atoms with Crippen LogP contribution in [0.2, 0.25) is 0 Å². The predicted octanol–water partition coefficient (Wildman–Crippen LogP) is 6.14. The number of nitrogens with zero attached hydrogens (tertiary/aromatic N) is 1. The standard InChI is InChI=1S/C30H27F3N2O6S/c1-39-27-16-15-26(18-28(27)40-2)42(37,38)35(24-10-6-9-22(17-24)30(31,32)33)19-29(36)34-23-11-13-25(14-12-23)41-20-21-7-4-3-5-8-21/h3-18H,19-20H2,1-2H3,(H,34,36). The molecule has 4 aromatic rings. The molecule has 0 unspecified atom stereocenters. The minimum absolute atomic E-state index is 0.0848. The highest BCUT2D eigenvalue weighted by atomic mass is 32.2. The zero-order valence-electron chi connectivity index (χ0n) is 22.6. The Labute approximate surface area is 241 Å². The van der Waals surface area contributed by atoms with Crippen LogP contribution in [0.25, 0.3) is 0 Å². The lowest BCUT2D eigenvalue weighted by Gasteiger charge is -2.25. The van der Waals surface area contributed by atoms with Gasteiger partial charge in [-0.15, -0.1) is 0 Å². The lowest BCUT2D eigenvalue weighted by molar-refractivity contribution is -0.137. The van der Waals surface area contributed by atoms with Crippen molar-refractivity contribution in [2.45, 2.75) is 17.7 Å². The van der Waals surface area contributed by atoms with Crippen LogP contribution >= 0.6 is 0 Å². The average molecular weight is 601 g/mol. The molecule has 0 fully saturated rings. The molecule has 8 nitrogen and oxygen atoms in total. The third-order valence-electron chi connectivity index (χ3n) is 6.08. The average Bonchev–Trinajstić information content (AvgIpc) is 2.99. The van der Waals surface area contributed by atoms with E-state index in [4.69, 9.17) is 14.2 Å². The molecule has 12 heteroatoms. The highest BCUT2D eigenvalue weighted by molar-refractivity contribution is 7.92. The summed E-state index contributed by atoms with van der Waals surface area (Å²) in [5.41, 5.74) is -0.113. The Morgan fingerprint density at radius 3 is 2.17 bits per heavy atom. The fourth-order valence-electron chi connectivity index (χ4n) is 3.96. The van der Waals surface area contributed by atoms with Gasteiger partial charge >= 0.3 is 6.18 Å². The largest absolute Gasteiger partial charge is 0.493 e. The summed E-state index contributed by atoms with van der Waals surface area (Å²) in [4.78, 5) is 12.7. The molecule has 4 aromatic carbocycles. The molecular weight excluding hydrogens is 573 g/mol. The Balaban J connectivity index is 1.58. The van der Waals surface area contributed by atoms with E-state index in [1.54, 1.807) is 24.3 Å². The van der Waals surface area contributed by atoms with Crippen molar-refractivity contribution < 1.29 is 40.6 Å². The maximum Gasteiger partial charge on any atom is 0.416 e. The van der Waals surface area contributed by atoms with Crippen molar-refractivity contribution in [2.24, 2.45) is 0 Å². The van der Waals surface area contributed by atoms with Gasteiger partial charge in [-0.05, 0) is 60.2 Å². The Bertz CT molecular complexity index is 1630. The molecule has 0 bridgehead atoms. The van der Waals surface area contributed by atoms with Gasteiger partial charge in [-0.2, -0.15) is 13.2 Å². The van der Waals surface area contributed by atoms with Gasteiger partial charge in [-0.1, -0.05) is 36.4 Å². The second kappa shape index (κ2) is 12.9. The number of benzene rings is 4. The minimum atomic E-state index is -4.73. The molecule has 0 heterocycles. The van der Waals surface area contributed by atoms with Gasteiger partial charge in [-0.25, -0.2) is 8.42 Å². The molecule has 0 saturated heterocycles. The molecular formula is C30H27F3N2O6S. The number of carbonyl (C=O) groups is 1. The third kappa shape index (κ3) is 7.32. The molecule has 0 spiro atoms. The van der Waals surface area contributed by atoms with Crippen LogP contribution in [-0.2, 0) is 27.6 Å². The first-order valence-electron chi connectivity index (χ1n) is 12.5. The number of carbonyl (C=O) groups excluding carboxylic acids is 1. The highest BCUT2D eigenvalue weighted by Crippen LogP contribution is 2.35. The number of ether oxygens (including phenoxy) is 3. The molecule has 220 valence electrons. The van der Waals surface area contributed by atoms with Gasteiger partial charge in [0.25, 0.3) is 10.0 Å². The molecule has 0 aliphatic rings. The summed E-state index contributed by atoms with van der Waals surface area (Å²) in [6.07, 6.45) is -4.73. The number of nitrogens with one attached hydrogen (secondary N) is 1. The summed E-state index contributed by atoms with van der Waals surface area (Å²) >= 11 is 0. The molecule has 1 amide bonds. The van der Waals surface area contributed by atoms with E-state index in [-0.39, 0.29) is 22.1 Å². The van der Waals surface area contributed by atoms with E-state index in [0.717, 1.165) is 17.7 Å². The topological polar surface area (TPSA) is 94.2 Å². The molecule has 42 heavy (non-hydrogen) atoms. The number of anilines is 2. The van der Waals surface area contributed by atoms with Crippen LogP contribution in [-0.4, -0.2) is 35.1 Å². The number of hydrogen-bond donors (Lipinski definition) is 1. The number of rotatable bonds is 11. The lowest BCUT2D eigenvalue weighted by Crippen LogP contribution is -2.38. The number of hydrogen-bond acceptors (Lipinski definition) is 6. The van der Waals surface area contributed by atoms with E-state index in [1.807, 2.05) is 30.3 Å². The monoisotopic (exact) mass is 600 g/mol. The van der Waals surface area contributed by atoms with Gasteiger partial charge in [0.1, 0.15) is 18.9 Å². The molecule has 4 rings (SSSR count). The van der Waals surface area contributed by atoms with Gasteiger partial charge < -0.3 is 19.5 Å². The fraction of sp³-hybridized carbons (Fsp3) is 0.167. The Morgan fingerprint density at radius 2 is 1.52 bits per heavy atom. The van der Waals surface area contributed by atoms with Crippen LogP contribution in [0, 0.1) is 0 Å². The maximum absolute atomic E-state index is 13.7. The van der Waals surface area contributed by atoms with Crippen LogP contribution in [0.15, 0.2) is 102 Å². The Hall–Kier alpha value is -4.71. The van der Waals surface area contributed by atoms with Gasteiger partial charge in [0.05, 0.1) is 30.4 Å². The van der Waals surface area contributed by atoms with Crippen molar-refractivity contribution in [1.82, 2.24) is 0 Å². The lowest BCUT2D eigenvalue weighted by atomic mass is 10.2. The van der Waals surface area contributed by atoms with Crippen molar-refractivity contribution in [1.29, 1.82) is 0 Å². The van der Waals surface area contributed by atoms with Crippen LogP contribution in [0.5, 0.6) is 17.2 Å². The summed E-state index contributed by atoms with van der Waals surface area (Å²) in [7, 11) is -1.87. The van der Waals surface area contributed by atoms with E-state index in [2.05, 4.69) is 5.32 Å². The summed E-state index contributed by atoms with van der Waals surface area (Å²) in [6.45, 7) is -0.475. The number of sulfonamides is 1. The Morgan fingerprint density at radius 1 is 0.833 bits per heavy atom. The fourth-order valence-corrected chi connectivity index (χ4v) is 5.39. The van der Waals surface area contributed by atoms with E-state index < -0.39 is 34.2 Å². The summed E-state index contributed by atoms with van der Waals surface area (Å²) in [5.74, 6) is 0.0884. The number of halogens is 3. The summed E-state index contributed by atoms with van der Waals surface area (Å²) in [5, 5.41) is 2.58. The smallest absolute Gasteiger partial charge is 0.416 e. The normalized spacial score (nSPS) is 11.5. The van der Waals surface area contributed by atoms with E-state index in [0.29, 0.717) is 28.4 Å². The molecule has 1 N–H and O–H groups in total. The molecule has 0 atom stereocenters. The summed E-state index contributed by atoms with van der Waals surface area (Å²) < 4.78 is 84.6. The second-order valence-electron chi connectivity index (χ2n) is 8.92. The highest BCUT2D eigenvalue weighted by Gasteiger charge is 2.33. The number of methoxy groups -OCH3 is 2. The van der Waals surface area contributed by atoms with Gasteiger partial charge in [-0.3, -0.25) is 9.10 Å². The minimum Gasteiger partial charge on any atom is -0.493 e. The van der Waals surface area contributed by atoms with Crippen LogP contribution in [0.3, 0.4) is 0 Å². The van der Waals surface area contributed by atoms with Crippen molar-refractivity contribution >= 4 is 27.3 Å². The molecule has 0 radical (unpaired) electrons. The first kappa shape index (κ1) is 30.3. The van der Waals surface area contributed by atoms with Crippen molar-refractivity contribution in [3.8, 4) is 17.2 Å².